The zero-order valence-corrected chi connectivity index (χ0v) is 14.3. The third-order valence-electron chi connectivity index (χ3n) is 3.85. The summed E-state index contributed by atoms with van der Waals surface area (Å²) in [7, 11) is 1.70. The lowest BCUT2D eigenvalue weighted by atomic mass is 10.1. The quantitative estimate of drug-likeness (QED) is 0.618. The first kappa shape index (κ1) is 16.6. The second kappa shape index (κ2) is 8.04. The second-order valence-corrected chi connectivity index (χ2v) is 5.95. The molecule has 4 heteroatoms. The molecule has 0 atom stereocenters. The van der Waals surface area contributed by atoms with E-state index >= 15 is 0 Å². The van der Waals surface area contributed by atoms with Crippen molar-refractivity contribution < 1.29 is 9.15 Å². The molecule has 1 N–H and O–H groups in total. The molecule has 0 amide bonds. The molecule has 0 aliphatic carbocycles. The molecule has 3 nitrogen and oxygen atoms in total. The largest absolute Gasteiger partial charge is 0.496 e. The molecular weight excluding hydrogens is 322 g/mol. The fourth-order valence-corrected chi connectivity index (χ4v) is 2.71. The van der Waals surface area contributed by atoms with Crippen LogP contribution >= 0.6 is 11.6 Å². The monoisotopic (exact) mass is 341 g/mol. The number of rotatable bonds is 7. The molecule has 0 aliphatic heterocycles. The highest BCUT2D eigenvalue weighted by Gasteiger charge is 2.05. The molecule has 24 heavy (non-hydrogen) atoms. The molecule has 0 fully saturated rings. The van der Waals surface area contributed by atoms with Crippen LogP contribution in [-0.2, 0) is 13.0 Å². The predicted molar refractivity (Wildman–Crippen MR) is 97.6 cm³/mol. The van der Waals surface area contributed by atoms with Crippen molar-refractivity contribution in [3.05, 3.63) is 77.0 Å². The van der Waals surface area contributed by atoms with Crippen molar-refractivity contribution in [3.63, 3.8) is 0 Å². The van der Waals surface area contributed by atoms with E-state index in [0.29, 0.717) is 6.54 Å². The highest BCUT2D eigenvalue weighted by Crippen LogP contribution is 2.23. The molecule has 0 radical (unpaired) electrons. The van der Waals surface area contributed by atoms with Gasteiger partial charge in [-0.2, -0.15) is 0 Å². The Morgan fingerprint density at radius 2 is 1.79 bits per heavy atom. The Hall–Kier alpha value is -2.23. The van der Waals surface area contributed by atoms with Crippen molar-refractivity contribution in [1.29, 1.82) is 0 Å². The van der Waals surface area contributed by atoms with Gasteiger partial charge in [0.15, 0.2) is 0 Å². The van der Waals surface area contributed by atoms with E-state index < -0.39 is 0 Å². The zero-order valence-electron chi connectivity index (χ0n) is 13.6. The molecule has 124 valence electrons. The lowest BCUT2D eigenvalue weighted by molar-refractivity contribution is 0.408. The lowest BCUT2D eigenvalue weighted by Gasteiger charge is -2.08. The Labute approximate surface area is 147 Å². The first-order chi connectivity index (χ1) is 11.8. The molecule has 0 saturated carbocycles. The van der Waals surface area contributed by atoms with Gasteiger partial charge in [0.2, 0.25) is 0 Å². The minimum Gasteiger partial charge on any atom is -0.496 e. The van der Waals surface area contributed by atoms with Gasteiger partial charge in [-0.3, -0.25) is 0 Å². The molecule has 0 saturated heterocycles. The van der Waals surface area contributed by atoms with Crippen LogP contribution in [0.5, 0.6) is 5.75 Å². The van der Waals surface area contributed by atoms with Crippen LogP contribution < -0.4 is 10.1 Å². The average Bonchev–Trinajstić information content (AvgIpc) is 3.08. The summed E-state index contributed by atoms with van der Waals surface area (Å²) in [5, 5.41) is 4.13. The van der Waals surface area contributed by atoms with E-state index in [4.69, 9.17) is 20.8 Å². The fraction of sp³-hybridized carbons (Fsp3) is 0.200. The Kier molecular flexibility index (Phi) is 5.57. The first-order valence-corrected chi connectivity index (χ1v) is 8.31. The van der Waals surface area contributed by atoms with Gasteiger partial charge in [0.25, 0.3) is 0 Å². The van der Waals surface area contributed by atoms with Gasteiger partial charge < -0.3 is 14.5 Å². The molecule has 1 heterocycles. The van der Waals surface area contributed by atoms with E-state index in [-0.39, 0.29) is 0 Å². The number of halogens is 1. The van der Waals surface area contributed by atoms with Gasteiger partial charge in [-0.1, -0.05) is 29.8 Å². The van der Waals surface area contributed by atoms with Gasteiger partial charge in [-0.05, 0) is 61.0 Å². The van der Waals surface area contributed by atoms with Gasteiger partial charge in [0.05, 0.1) is 13.7 Å². The zero-order chi connectivity index (χ0) is 16.8. The summed E-state index contributed by atoms with van der Waals surface area (Å²) in [6, 6.07) is 19.7. The maximum atomic E-state index is 5.91. The van der Waals surface area contributed by atoms with Crippen molar-refractivity contribution in [1.82, 2.24) is 5.32 Å². The fourth-order valence-electron chi connectivity index (χ4n) is 2.59. The second-order valence-electron chi connectivity index (χ2n) is 5.51. The third-order valence-corrected chi connectivity index (χ3v) is 4.11. The number of methoxy groups -OCH3 is 1. The number of nitrogens with one attached hydrogen (secondary N) is 1. The SMILES string of the molecule is COc1ccccc1CCNCc1ccc(-c2ccc(Cl)cc2)o1. The number of benzene rings is 2. The van der Waals surface area contributed by atoms with E-state index in [1.165, 1.54) is 5.56 Å². The van der Waals surface area contributed by atoms with Gasteiger partial charge in [-0.15, -0.1) is 0 Å². The van der Waals surface area contributed by atoms with E-state index in [2.05, 4.69) is 11.4 Å². The maximum Gasteiger partial charge on any atom is 0.134 e. The van der Waals surface area contributed by atoms with Crippen LogP contribution in [0.15, 0.2) is 65.1 Å². The molecule has 0 unspecified atom stereocenters. The molecule has 0 aliphatic rings. The van der Waals surface area contributed by atoms with Gasteiger partial charge >= 0.3 is 0 Å². The van der Waals surface area contributed by atoms with Crippen LogP contribution in [-0.4, -0.2) is 13.7 Å². The summed E-state index contributed by atoms with van der Waals surface area (Å²) in [4.78, 5) is 0. The van der Waals surface area contributed by atoms with Gasteiger partial charge in [0.1, 0.15) is 17.3 Å². The first-order valence-electron chi connectivity index (χ1n) is 7.93. The predicted octanol–water partition coefficient (Wildman–Crippen LogP) is 4.94. The van der Waals surface area contributed by atoms with Crippen molar-refractivity contribution in [2.24, 2.45) is 0 Å². The highest BCUT2D eigenvalue weighted by atomic mass is 35.5. The van der Waals surface area contributed by atoms with Crippen molar-refractivity contribution in [3.8, 4) is 17.1 Å². The number of hydrogen-bond acceptors (Lipinski definition) is 3. The minimum atomic E-state index is 0.697. The summed E-state index contributed by atoms with van der Waals surface area (Å²) in [6.45, 7) is 1.56. The number of para-hydroxylation sites is 1. The number of furan rings is 1. The van der Waals surface area contributed by atoms with Crippen molar-refractivity contribution in [2.45, 2.75) is 13.0 Å². The summed E-state index contributed by atoms with van der Waals surface area (Å²) in [6.07, 6.45) is 0.911. The van der Waals surface area contributed by atoms with Crippen molar-refractivity contribution in [2.75, 3.05) is 13.7 Å². The van der Waals surface area contributed by atoms with Crippen LogP contribution in [0.2, 0.25) is 5.02 Å². The summed E-state index contributed by atoms with van der Waals surface area (Å²) in [5.74, 6) is 2.70. The van der Waals surface area contributed by atoms with Crippen LogP contribution in [0.25, 0.3) is 11.3 Å². The van der Waals surface area contributed by atoms with E-state index in [0.717, 1.165) is 40.8 Å². The molecule has 0 spiro atoms. The van der Waals surface area contributed by atoms with Crippen LogP contribution in [0.4, 0.5) is 0 Å². The van der Waals surface area contributed by atoms with E-state index in [1.54, 1.807) is 7.11 Å². The number of hydrogen-bond donors (Lipinski definition) is 1. The number of ether oxygens (including phenoxy) is 1. The summed E-state index contributed by atoms with van der Waals surface area (Å²) in [5.41, 5.74) is 2.23. The van der Waals surface area contributed by atoms with E-state index in [9.17, 15) is 0 Å². The Bertz CT molecular complexity index is 780. The maximum absolute atomic E-state index is 5.91. The van der Waals surface area contributed by atoms with E-state index in [1.807, 2.05) is 54.6 Å². The molecular formula is C20H20ClNO2. The Morgan fingerprint density at radius 1 is 1.00 bits per heavy atom. The topological polar surface area (TPSA) is 34.4 Å². The molecule has 3 rings (SSSR count). The smallest absolute Gasteiger partial charge is 0.134 e. The highest BCUT2D eigenvalue weighted by molar-refractivity contribution is 6.30. The third kappa shape index (κ3) is 4.19. The van der Waals surface area contributed by atoms with Crippen LogP contribution in [0, 0.1) is 0 Å². The van der Waals surface area contributed by atoms with Gasteiger partial charge in [-0.25, -0.2) is 0 Å². The minimum absolute atomic E-state index is 0.697. The summed E-state index contributed by atoms with van der Waals surface area (Å²) >= 11 is 5.91. The van der Waals surface area contributed by atoms with Crippen molar-refractivity contribution >= 4 is 11.6 Å². The molecule has 0 bridgehead atoms. The Morgan fingerprint density at radius 3 is 2.58 bits per heavy atom. The van der Waals surface area contributed by atoms with Crippen LogP contribution in [0.3, 0.4) is 0 Å². The molecule has 1 aromatic heterocycles. The van der Waals surface area contributed by atoms with Gasteiger partial charge in [0, 0.05) is 10.6 Å². The molecule has 2 aromatic carbocycles. The summed E-state index contributed by atoms with van der Waals surface area (Å²) < 4.78 is 11.2. The lowest BCUT2D eigenvalue weighted by Crippen LogP contribution is -2.16. The van der Waals surface area contributed by atoms with Crippen LogP contribution in [0.1, 0.15) is 11.3 Å². The standard InChI is InChI=1S/C20H20ClNO2/c1-23-19-5-3-2-4-15(19)12-13-22-14-18-10-11-20(24-18)16-6-8-17(21)9-7-16/h2-11,22H,12-14H2,1H3. The average molecular weight is 342 g/mol. The molecule has 3 aromatic rings. The normalized spacial score (nSPS) is 10.8. The Balaban J connectivity index is 1.52.